The van der Waals surface area contributed by atoms with Gasteiger partial charge < -0.3 is 15.5 Å². The lowest BCUT2D eigenvalue weighted by atomic mass is 10.1. The highest BCUT2D eigenvalue weighted by Gasteiger charge is 2.22. The first-order valence-corrected chi connectivity index (χ1v) is 8.76. The summed E-state index contributed by atoms with van der Waals surface area (Å²) in [5.41, 5.74) is 1.96. The predicted molar refractivity (Wildman–Crippen MR) is 98.1 cm³/mol. The van der Waals surface area contributed by atoms with Crippen molar-refractivity contribution in [3.8, 4) is 0 Å². The van der Waals surface area contributed by atoms with Gasteiger partial charge in [0.1, 0.15) is 5.82 Å². The number of hydrogen-bond acceptors (Lipinski definition) is 2. The quantitative estimate of drug-likeness (QED) is 0.844. The molecule has 0 bridgehead atoms. The number of nitrogens with zero attached hydrogens (tertiary/aromatic N) is 1. The Morgan fingerprint density at radius 2 is 1.88 bits per heavy atom. The maximum atomic E-state index is 12.9. The maximum absolute atomic E-state index is 12.9. The van der Waals surface area contributed by atoms with E-state index in [1.54, 1.807) is 12.1 Å². The van der Waals surface area contributed by atoms with Crippen LogP contribution in [0.1, 0.15) is 12.0 Å². The van der Waals surface area contributed by atoms with Gasteiger partial charge in [-0.25, -0.2) is 9.18 Å². The van der Waals surface area contributed by atoms with E-state index >= 15 is 0 Å². The van der Waals surface area contributed by atoms with Crippen molar-refractivity contribution in [2.75, 3.05) is 31.5 Å². The second kappa shape index (κ2) is 8.62. The summed E-state index contributed by atoms with van der Waals surface area (Å²) >= 11 is 0. The first-order valence-electron chi connectivity index (χ1n) is 8.76. The van der Waals surface area contributed by atoms with Crippen molar-refractivity contribution in [3.63, 3.8) is 0 Å². The molecule has 25 heavy (non-hydrogen) atoms. The molecule has 1 heterocycles. The monoisotopic (exact) mass is 341 g/mol. The molecule has 4 nitrogen and oxygen atoms in total. The van der Waals surface area contributed by atoms with Gasteiger partial charge in [0.15, 0.2) is 0 Å². The highest BCUT2D eigenvalue weighted by atomic mass is 19.1. The summed E-state index contributed by atoms with van der Waals surface area (Å²) in [4.78, 5) is 14.4. The Bertz CT molecular complexity index is 675. The van der Waals surface area contributed by atoms with Gasteiger partial charge in [-0.3, -0.25) is 0 Å². The number of hydrogen-bond donors (Lipinski definition) is 2. The Morgan fingerprint density at radius 1 is 1.12 bits per heavy atom. The van der Waals surface area contributed by atoms with Crippen molar-refractivity contribution < 1.29 is 9.18 Å². The summed E-state index contributed by atoms with van der Waals surface area (Å²) < 4.78 is 12.9. The first-order chi connectivity index (χ1) is 12.2. The number of carbonyl (C=O) groups excluding carboxylic acids is 1. The molecule has 0 aliphatic carbocycles. The maximum Gasteiger partial charge on any atom is 0.319 e. The third-order valence-corrected chi connectivity index (χ3v) is 4.58. The van der Waals surface area contributed by atoms with Crippen molar-refractivity contribution in [2.24, 2.45) is 5.92 Å². The molecule has 1 saturated heterocycles. The van der Waals surface area contributed by atoms with Gasteiger partial charge in [0.25, 0.3) is 0 Å². The van der Waals surface area contributed by atoms with Crippen LogP contribution in [0.25, 0.3) is 0 Å². The van der Waals surface area contributed by atoms with Crippen molar-refractivity contribution in [3.05, 3.63) is 66.0 Å². The molecule has 0 radical (unpaired) electrons. The second-order valence-corrected chi connectivity index (χ2v) is 6.53. The van der Waals surface area contributed by atoms with Crippen molar-refractivity contribution >= 4 is 11.7 Å². The number of urea groups is 1. The van der Waals surface area contributed by atoms with Crippen LogP contribution < -0.4 is 10.6 Å². The molecule has 3 rings (SSSR count). The Kier molecular flexibility index (Phi) is 6.01. The SMILES string of the molecule is O=C(NC[C@H]1CCN(CCc2ccccc2)C1)Nc1ccc(F)cc1. The van der Waals surface area contributed by atoms with Crippen LogP contribution in [-0.2, 0) is 6.42 Å². The molecule has 0 aromatic heterocycles. The third-order valence-electron chi connectivity index (χ3n) is 4.58. The van der Waals surface area contributed by atoms with Gasteiger partial charge in [-0.1, -0.05) is 30.3 Å². The van der Waals surface area contributed by atoms with Gasteiger partial charge in [-0.05, 0) is 55.1 Å². The molecular weight excluding hydrogens is 317 g/mol. The van der Waals surface area contributed by atoms with Crippen LogP contribution in [0.4, 0.5) is 14.9 Å². The van der Waals surface area contributed by atoms with Gasteiger partial charge >= 0.3 is 6.03 Å². The summed E-state index contributed by atoms with van der Waals surface area (Å²) in [5.74, 6) is 0.169. The van der Waals surface area contributed by atoms with Crippen LogP contribution in [0, 0.1) is 11.7 Å². The highest BCUT2D eigenvalue weighted by Crippen LogP contribution is 2.16. The number of carbonyl (C=O) groups is 1. The third kappa shape index (κ3) is 5.57. The predicted octanol–water partition coefficient (Wildman–Crippen LogP) is 3.51. The fourth-order valence-corrected chi connectivity index (χ4v) is 3.16. The molecule has 2 aromatic rings. The minimum absolute atomic E-state index is 0.241. The van der Waals surface area contributed by atoms with Gasteiger partial charge in [0.2, 0.25) is 0 Å². The molecule has 5 heteroatoms. The van der Waals surface area contributed by atoms with E-state index in [-0.39, 0.29) is 11.8 Å². The average Bonchev–Trinajstić information content (AvgIpc) is 3.09. The van der Waals surface area contributed by atoms with Crippen molar-refractivity contribution in [1.29, 1.82) is 0 Å². The molecule has 0 unspecified atom stereocenters. The van der Waals surface area contributed by atoms with E-state index in [9.17, 15) is 9.18 Å². The molecule has 2 amide bonds. The standard InChI is InChI=1S/C20H24FN3O/c21-18-6-8-19(9-7-18)23-20(25)22-14-17-11-13-24(15-17)12-10-16-4-2-1-3-5-16/h1-9,17H,10-15H2,(H2,22,23,25)/t17-/m1/s1. The fourth-order valence-electron chi connectivity index (χ4n) is 3.16. The summed E-state index contributed by atoms with van der Waals surface area (Å²) in [6.45, 7) is 3.82. The van der Waals surface area contributed by atoms with Crippen molar-refractivity contribution in [2.45, 2.75) is 12.8 Å². The van der Waals surface area contributed by atoms with E-state index in [0.29, 0.717) is 18.2 Å². The minimum atomic E-state index is -0.312. The van der Waals surface area contributed by atoms with Crippen LogP contribution in [-0.4, -0.2) is 37.1 Å². The first kappa shape index (κ1) is 17.4. The van der Waals surface area contributed by atoms with Crippen LogP contribution in [0.2, 0.25) is 0 Å². The minimum Gasteiger partial charge on any atom is -0.338 e. The lowest BCUT2D eigenvalue weighted by Gasteiger charge is -2.16. The van der Waals surface area contributed by atoms with Crippen LogP contribution in [0.3, 0.4) is 0 Å². The molecule has 132 valence electrons. The molecule has 2 N–H and O–H groups in total. The van der Waals surface area contributed by atoms with E-state index in [4.69, 9.17) is 0 Å². The Labute approximate surface area is 148 Å². The zero-order chi connectivity index (χ0) is 17.5. The van der Waals surface area contributed by atoms with Crippen LogP contribution in [0.15, 0.2) is 54.6 Å². The van der Waals surface area contributed by atoms with E-state index in [2.05, 4.69) is 39.8 Å². The zero-order valence-corrected chi connectivity index (χ0v) is 14.2. The molecule has 1 aliphatic heterocycles. The lowest BCUT2D eigenvalue weighted by Crippen LogP contribution is -2.34. The number of rotatable bonds is 6. The topological polar surface area (TPSA) is 44.4 Å². The molecule has 0 spiro atoms. The molecular formula is C20H24FN3O. The van der Waals surface area contributed by atoms with Gasteiger partial charge in [-0.2, -0.15) is 0 Å². The summed E-state index contributed by atoms with van der Waals surface area (Å²) in [6.07, 6.45) is 2.16. The number of nitrogens with one attached hydrogen (secondary N) is 2. The normalized spacial score (nSPS) is 17.4. The Morgan fingerprint density at radius 3 is 2.64 bits per heavy atom. The largest absolute Gasteiger partial charge is 0.338 e. The van der Waals surface area contributed by atoms with Crippen molar-refractivity contribution in [1.82, 2.24) is 10.2 Å². The molecule has 0 saturated carbocycles. The molecule has 2 aromatic carbocycles. The van der Waals surface area contributed by atoms with E-state index in [1.165, 1.54) is 17.7 Å². The Balaban J connectivity index is 1.35. The van der Waals surface area contributed by atoms with Gasteiger partial charge in [0, 0.05) is 25.3 Å². The number of benzene rings is 2. The second-order valence-electron chi connectivity index (χ2n) is 6.53. The zero-order valence-electron chi connectivity index (χ0n) is 14.2. The summed E-state index contributed by atoms with van der Waals surface area (Å²) in [5, 5.41) is 5.63. The highest BCUT2D eigenvalue weighted by molar-refractivity contribution is 5.89. The summed E-state index contributed by atoms with van der Waals surface area (Å²) in [6, 6.07) is 16.0. The van der Waals surface area contributed by atoms with Crippen LogP contribution in [0.5, 0.6) is 0 Å². The molecule has 1 fully saturated rings. The Hall–Kier alpha value is -2.40. The smallest absolute Gasteiger partial charge is 0.319 e. The van der Waals surface area contributed by atoms with Gasteiger partial charge in [-0.15, -0.1) is 0 Å². The number of likely N-dealkylation sites (tertiary alicyclic amines) is 1. The van der Waals surface area contributed by atoms with E-state index < -0.39 is 0 Å². The van der Waals surface area contributed by atoms with E-state index in [1.807, 2.05) is 6.07 Å². The number of amides is 2. The van der Waals surface area contributed by atoms with E-state index in [0.717, 1.165) is 32.5 Å². The van der Waals surface area contributed by atoms with Gasteiger partial charge in [0.05, 0.1) is 0 Å². The lowest BCUT2D eigenvalue weighted by molar-refractivity contribution is 0.249. The van der Waals surface area contributed by atoms with Crippen LogP contribution >= 0.6 is 0 Å². The molecule has 1 aliphatic rings. The average molecular weight is 341 g/mol. The fraction of sp³-hybridized carbons (Fsp3) is 0.350. The number of halogens is 1. The molecule has 1 atom stereocenters. The summed E-state index contributed by atoms with van der Waals surface area (Å²) in [7, 11) is 0. The number of anilines is 1.